The van der Waals surface area contributed by atoms with Crippen LogP contribution in [0.1, 0.15) is 28.3 Å². The average molecular weight is 258 g/mol. The van der Waals surface area contributed by atoms with Gasteiger partial charge in [-0.05, 0) is 49.1 Å². The Bertz CT molecular complexity index is 566. The third kappa shape index (κ3) is 3.40. The molecule has 100 valence electrons. The lowest BCUT2D eigenvalue weighted by atomic mass is 9.95. The highest BCUT2D eigenvalue weighted by atomic mass is 19.1. The molecule has 0 saturated carbocycles. The molecule has 0 aliphatic rings. The number of nitrogens with two attached hydrogens (primary N) is 1. The molecule has 0 bridgehead atoms. The van der Waals surface area contributed by atoms with Gasteiger partial charge in [0.05, 0.1) is 0 Å². The van der Waals surface area contributed by atoms with E-state index in [9.17, 15) is 4.39 Å². The van der Waals surface area contributed by atoms with Crippen molar-refractivity contribution in [1.29, 1.82) is 0 Å². The lowest BCUT2D eigenvalue weighted by Gasteiger charge is -2.18. The minimum atomic E-state index is -0.208. The van der Waals surface area contributed by atoms with E-state index < -0.39 is 0 Å². The minimum Gasteiger partial charge on any atom is -0.271 e. The summed E-state index contributed by atoms with van der Waals surface area (Å²) in [7, 11) is 0. The first-order chi connectivity index (χ1) is 9.10. The second kappa shape index (κ2) is 5.95. The average Bonchev–Trinajstić information content (AvgIpc) is 2.39. The Hall–Kier alpha value is -1.71. The summed E-state index contributed by atoms with van der Waals surface area (Å²) >= 11 is 0. The van der Waals surface area contributed by atoms with Crippen molar-refractivity contribution in [2.45, 2.75) is 26.3 Å². The molecule has 0 amide bonds. The maximum Gasteiger partial charge on any atom is 0.123 e. The molecular formula is C16H19FN2. The number of nitrogens with one attached hydrogen (secondary N) is 1. The molecule has 2 aromatic rings. The maximum atomic E-state index is 13.3. The molecule has 1 atom stereocenters. The van der Waals surface area contributed by atoms with Gasteiger partial charge in [-0.2, -0.15) is 0 Å². The van der Waals surface area contributed by atoms with E-state index in [-0.39, 0.29) is 11.9 Å². The SMILES string of the molecule is Cc1cccc(C(Cc2cc(F)ccc2C)NN)c1. The van der Waals surface area contributed by atoms with E-state index in [1.807, 2.05) is 32.0 Å². The molecule has 2 rings (SSSR count). The molecule has 0 spiro atoms. The number of benzene rings is 2. The molecule has 0 radical (unpaired) electrons. The van der Waals surface area contributed by atoms with Gasteiger partial charge in [-0.1, -0.05) is 35.9 Å². The first-order valence-corrected chi connectivity index (χ1v) is 6.38. The highest BCUT2D eigenvalue weighted by Crippen LogP contribution is 2.21. The third-order valence-electron chi connectivity index (χ3n) is 3.38. The van der Waals surface area contributed by atoms with Crippen molar-refractivity contribution in [1.82, 2.24) is 5.43 Å². The quantitative estimate of drug-likeness (QED) is 0.653. The highest BCUT2D eigenvalue weighted by Gasteiger charge is 2.12. The number of rotatable bonds is 4. The van der Waals surface area contributed by atoms with Crippen molar-refractivity contribution in [3.8, 4) is 0 Å². The molecule has 0 fully saturated rings. The van der Waals surface area contributed by atoms with Crippen LogP contribution in [0.3, 0.4) is 0 Å². The molecule has 0 heterocycles. The topological polar surface area (TPSA) is 38.0 Å². The molecule has 3 N–H and O–H groups in total. The van der Waals surface area contributed by atoms with Crippen LogP contribution in [0.25, 0.3) is 0 Å². The Balaban J connectivity index is 2.26. The van der Waals surface area contributed by atoms with Gasteiger partial charge in [-0.15, -0.1) is 0 Å². The maximum absolute atomic E-state index is 13.3. The normalized spacial score (nSPS) is 12.4. The fourth-order valence-corrected chi connectivity index (χ4v) is 2.24. The smallest absolute Gasteiger partial charge is 0.123 e. The van der Waals surface area contributed by atoms with Crippen molar-refractivity contribution >= 4 is 0 Å². The Morgan fingerprint density at radius 1 is 1.16 bits per heavy atom. The zero-order valence-corrected chi connectivity index (χ0v) is 11.3. The van der Waals surface area contributed by atoms with Crippen LogP contribution in [-0.2, 0) is 6.42 Å². The Morgan fingerprint density at radius 2 is 1.95 bits per heavy atom. The van der Waals surface area contributed by atoms with Crippen molar-refractivity contribution < 1.29 is 4.39 Å². The molecule has 3 heteroatoms. The zero-order chi connectivity index (χ0) is 13.8. The predicted molar refractivity (Wildman–Crippen MR) is 76.1 cm³/mol. The number of aryl methyl sites for hydroxylation is 2. The monoisotopic (exact) mass is 258 g/mol. The van der Waals surface area contributed by atoms with Crippen LogP contribution in [0, 0.1) is 19.7 Å². The number of halogens is 1. The molecule has 0 aromatic heterocycles. The predicted octanol–water partition coefficient (Wildman–Crippen LogP) is 3.19. The van der Waals surface area contributed by atoms with Crippen LogP contribution < -0.4 is 11.3 Å². The van der Waals surface area contributed by atoms with Crippen LogP contribution in [0.15, 0.2) is 42.5 Å². The fraction of sp³-hybridized carbons (Fsp3) is 0.250. The summed E-state index contributed by atoms with van der Waals surface area (Å²) in [5, 5.41) is 0. The minimum absolute atomic E-state index is 0.0135. The molecule has 2 nitrogen and oxygen atoms in total. The molecule has 0 saturated heterocycles. The molecule has 0 aliphatic carbocycles. The second-order valence-corrected chi connectivity index (χ2v) is 4.91. The van der Waals surface area contributed by atoms with Crippen LogP contribution in [-0.4, -0.2) is 0 Å². The Kier molecular flexibility index (Phi) is 4.30. The van der Waals surface area contributed by atoms with Crippen molar-refractivity contribution in [2.75, 3.05) is 0 Å². The third-order valence-corrected chi connectivity index (χ3v) is 3.38. The van der Waals surface area contributed by atoms with Gasteiger partial charge in [0.25, 0.3) is 0 Å². The second-order valence-electron chi connectivity index (χ2n) is 4.91. The lowest BCUT2D eigenvalue weighted by molar-refractivity contribution is 0.547. The van der Waals surface area contributed by atoms with E-state index in [2.05, 4.69) is 11.5 Å². The van der Waals surface area contributed by atoms with Crippen LogP contribution in [0.4, 0.5) is 4.39 Å². The first-order valence-electron chi connectivity index (χ1n) is 6.38. The first kappa shape index (κ1) is 13.7. The van der Waals surface area contributed by atoms with E-state index in [1.165, 1.54) is 11.6 Å². The molecule has 19 heavy (non-hydrogen) atoms. The fourth-order valence-electron chi connectivity index (χ4n) is 2.24. The number of hydrazine groups is 1. The summed E-state index contributed by atoms with van der Waals surface area (Å²) in [6, 6.07) is 13.0. The summed E-state index contributed by atoms with van der Waals surface area (Å²) in [5.74, 6) is 5.44. The largest absolute Gasteiger partial charge is 0.271 e. The van der Waals surface area contributed by atoms with Crippen molar-refractivity contribution in [3.05, 3.63) is 70.5 Å². The Morgan fingerprint density at radius 3 is 2.63 bits per heavy atom. The molecular weight excluding hydrogens is 239 g/mol. The summed E-state index contributed by atoms with van der Waals surface area (Å²) in [5.41, 5.74) is 7.18. The van der Waals surface area contributed by atoms with Crippen LogP contribution in [0.2, 0.25) is 0 Å². The highest BCUT2D eigenvalue weighted by molar-refractivity contribution is 5.31. The standard InChI is InChI=1S/C16H19FN2/c1-11-4-3-5-13(8-11)16(19-18)10-14-9-15(17)7-6-12(14)2/h3-9,16,19H,10,18H2,1-2H3. The lowest BCUT2D eigenvalue weighted by Crippen LogP contribution is -2.29. The van der Waals surface area contributed by atoms with Gasteiger partial charge in [0.2, 0.25) is 0 Å². The summed E-state index contributed by atoms with van der Waals surface area (Å²) in [4.78, 5) is 0. The van der Waals surface area contributed by atoms with Crippen molar-refractivity contribution in [3.63, 3.8) is 0 Å². The van der Waals surface area contributed by atoms with E-state index in [1.54, 1.807) is 12.1 Å². The van der Waals surface area contributed by atoms with Gasteiger partial charge in [0.15, 0.2) is 0 Å². The van der Waals surface area contributed by atoms with Crippen LogP contribution in [0.5, 0.6) is 0 Å². The van der Waals surface area contributed by atoms with Gasteiger partial charge >= 0.3 is 0 Å². The van der Waals surface area contributed by atoms with Crippen LogP contribution >= 0.6 is 0 Å². The zero-order valence-electron chi connectivity index (χ0n) is 11.3. The van der Waals surface area contributed by atoms with Gasteiger partial charge in [0.1, 0.15) is 5.82 Å². The van der Waals surface area contributed by atoms with E-state index >= 15 is 0 Å². The van der Waals surface area contributed by atoms with Gasteiger partial charge in [0, 0.05) is 6.04 Å². The van der Waals surface area contributed by atoms with E-state index in [0.29, 0.717) is 6.42 Å². The van der Waals surface area contributed by atoms with E-state index in [4.69, 9.17) is 5.84 Å². The summed E-state index contributed by atoms with van der Waals surface area (Å²) < 4.78 is 13.3. The van der Waals surface area contributed by atoms with Gasteiger partial charge in [-0.25, -0.2) is 4.39 Å². The number of hydrogen-bond acceptors (Lipinski definition) is 2. The van der Waals surface area contributed by atoms with Crippen molar-refractivity contribution in [2.24, 2.45) is 5.84 Å². The van der Waals surface area contributed by atoms with E-state index in [0.717, 1.165) is 16.7 Å². The van der Waals surface area contributed by atoms with Gasteiger partial charge < -0.3 is 0 Å². The Labute approximate surface area is 113 Å². The molecule has 0 aliphatic heterocycles. The summed E-state index contributed by atoms with van der Waals surface area (Å²) in [6.45, 7) is 4.03. The molecule has 2 aromatic carbocycles. The number of hydrogen-bond donors (Lipinski definition) is 2. The van der Waals surface area contributed by atoms with Gasteiger partial charge in [-0.3, -0.25) is 11.3 Å². The molecule has 1 unspecified atom stereocenters. The summed E-state index contributed by atoms with van der Waals surface area (Å²) in [6.07, 6.45) is 0.670.